The molecule has 1 aliphatic heterocycles. The highest BCUT2D eigenvalue weighted by Gasteiger charge is 2.30. The zero-order chi connectivity index (χ0) is 22.4. The standard InChI is InChI=1S/C23H27ClN2O5/c1-23(2,3)31-22(28)26-10-9-16(14-26)15-29-20-12-17(24)11-18(13-20)25-21(27)30-19-7-5-4-6-8-19/h4-8,11-13,16H,9-10,14-15H2,1-3H3,(H,25,27). The third-order valence-corrected chi connectivity index (χ3v) is 4.71. The van der Waals surface area contributed by atoms with Crippen molar-refractivity contribution in [1.29, 1.82) is 0 Å². The molecule has 166 valence electrons. The zero-order valence-corrected chi connectivity index (χ0v) is 18.6. The van der Waals surface area contributed by atoms with E-state index in [-0.39, 0.29) is 12.0 Å². The molecule has 0 aliphatic carbocycles. The summed E-state index contributed by atoms with van der Waals surface area (Å²) in [4.78, 5) is 26.0. The fourth-order valence-corrected chi connectivity index (χ4v) is 3.36. The normalized spacial score (nSPS) is 16.0. The van der Waals surface area contributed by atoms with Crippen LogP contribution in [0.2, 0.25) is 5.02 Å². The molecule has 2 aromatic carbocycles. The molecule has 1 heterocycles. The number of carbonyl (C=O) groups is 2. The van der Waals surface area contributed by atoms with E-state index in [0.29, 0.717) is 41.9 Å². The number of nitrogens with zero attached hydrogens (tertiary/aromatic N) is 1. The first-order valence-electron chi connectivity index (χ1n) is 10.1. The summed E-state index contributed by atoms with van der Waals surface area (Å²) in [6.07, 6.45) is -0.0988. The van der Waals surface area contributed by atoms with Gasteiger partial charge in [-0.05, 0) is 51.5 Å². The highest BCUT2D eigenvalue weighted by atomic mass is 35.5. The number of carbonyl (C=O) groups excluding carboxylic acids is 2. The summed E-state index contributed by atoms with van der Waals surface area (Å²) in [5, 5.41) is 3.07. The number of anilines is 1. The molecule has 31 heavy (non-hydrogen) atoms. The molecule has 1 saturated heterocycles. The van der Waals surface area contributed by atoms with Crippen molar-refractivity contribution in [3.05, 3.63) is 53.6 Å². The fraction of sp³-hybridized carbons (Fsp3) is 0.391. The summed E-state index contributed by atoms with van der Waals surface area (Å²) >= 11 is 6.17. The van der Waals surface area contributed by atoms with Gasteiger partial charge < -0.3 is 19.1 Å². The molecular formula is C23H27ClN2O5. The molecule has 3 rings (SSSR count). The van der Waals surface area contributed by atoms with Crippen LogP contribution in [0.3, 0.4) is 0 Å². The average molecular weight is 447 g/mol. The molecule has 2 amide bonds. The van der Waals surface area contributed by atoms with E-state index < -0.39 is 11.7 Å². The van der Waals surface area contributed by atoms with E-state index in [2.05, 4.69) is 5.32 Å². The second-order valence-corrected chi connectivity index (χ2v) is 8.83. The Balaban J connectivity index is 1.51. The first-order valence-corrected chi connectivity index (χ1v) is 10.5. The van der Waals surface area contributed by atoms with Crippen molar-refractivity contribution in [1.82, 2.24) is 4.90 Å². The van der Waals surface area contributed by atoms with Gasteiger partial charge in [0, 0.05) is 35.8 Å². The van der Waals surface area contributed by atoms with Crippen molar-refractivity contribution in [2.75, 3.05) is 25.0 Å². The van der Waals surface area contributed by atoms with Gasteiger partial charge in [-0.15, -0.1) is 0 Å². The molecule has 0 bridgehead atoms. The van der Waals surface area contributed by atoms with Crippen LogP contribution < -0.4 is 14.8 Å². The zero-order valence-electron chi connectivity index (χ0n) is 17.9. The topological polar surface area (TPSA) is 77.1 Å². The van der Waals surface area contributed by atoms with Gasteiger partial charge in [-0.3, -0.25) is 5.32 Å². The van der Waals surface area contributed by atoms with Gasteiger partial charge in [0.05, 0.1) is 6.61 Å². The number of hydrogen-bond acceptors (Lipinski definition) is 5. The largest absolute Gasteiger partial charge is 0.493 e. The fourth-order valence-electron chi connectivity index (χ4n) is 3.13. The van der Waals surface area contributed by atoms with Crippen molar-refractivity contribution in [2.24, 2.45) is 5.92 Å². The van der Waals surface area contributed by atoms with Gasteiger partial charge in [0.25, 0.3) is 0 Å². The summed E-state index contributed by atoms with van der Waals surface area (Å²) in [5.41, 5.74) is -0.0532. The second-order valence-electron chi connectivity index (χ2n) is 8.40. The maximum absolute atomic E-state index is 12.2. The smallest absolute Gasteiger partial charge is 0.417 e. The Morgan fingerprint density at radius 2 is 1.87 bits per heavy atom. The Bertz CT molecular complexity index is 914. The monoisotopic (exact) mass is 446 g/mol. The molecule has 0 saturated carbocycles. The van der Waals surface area contributed by atoms with Gasteiger partial charge in [0.2, 0.25) is 0 Å². The third kappa shape index (κ3) is 7.36. The molecule has 1 aliphatic rings. The van der Waals surface area contributed by atoms with E-state index in [4.69, 9.17) is 25.8 Å². The maximum atomic E-state index is 12.2. The summed E-state index contributed by atoms with van der Waals surface area (Å²) < 4.78 is 16.5. The van der Waals surface area contributed by atoms with Crippen LogP contribution in [-0.4, -0.2) is 42.4 Å². The SMILES string of the molecule is CC(C)(C)OC(=O)N1CCC(COc2cc(Cl)cc(NC(=O)Oc3ccccc3)c2)C1. The van der Waals surface area contributed by atoms with Crippen LogP contribution in [0.1, 0.15) is 27.2 Å². The Morgan fingerprint density at radius 1 is 1.13 bits per heavy atom. The van der Waals surface area contributed by atoms with E-state index >= 15 is 0 Å². The summed E-state index contributed by atoms with van der Waals surface area (Å²) in [6, 6.07) is 13.7. The van der Waals surface area contributed by atoms with Crippen LogP contribution in [0.25, 0.3) is 0 Å². The Morgan fingerprint density at radius 3 is 2.58 bits per heavy atom. The summed E-state index contributed by atoms with van der Waals surface area (Å²) in [7, 11) is 0. The van der Waals surface area contributed by atoms with E-state index in [0.717, 1.165) is 6.42 Å². The predicted octanol–water partition coefficient (Wildman–Crippen LogP) is 5.59. The van der Waals surface area contributed by atoms with E-state index in [9.17, 15) is 9.59 Å². The molecule has 0 radical (unpaired) electrons. The van der Waals surface area contributed by atoms with Crippen LogP contribution >= 0.6 is 11.6 Å². The number of amides is 2. The number of ether oxygens (including phenoxy) is 3. The molecular weight excluding hydrogens is 420 g/mol. The molecule has 2 aromatic rings. The molecule has 1 unspecified atom stereocenters. The lowest BCUT2D eigenvalue weighted by atomic mass is 10.1. The summed E-state index contributed by atoms with van der Waals surface area (Å²) in [5.74, 6) is 1.15. The minimum Gasteiger partial charge on any atom is -0.493 e. The van der Waals surface area contributed by atoms with Crippen molar-refractivity contribution in [2.45, 2.75) is 32.8 Å². The molecule has 1 atom stereocenters. The lowest BCUT2D eigenvalue weighted by Gasteiger charge is -2.24. The first kappa shape index (κ1) is 22.7. The first-order chi connectivity index (χ1) is 14.7. The molecule has 1 N–H and O–H groups in total. The predicted molar refractivity (Wildman–Crippen MR) is 119 cm³/mol. The molecule has 1 fully saturated rings. The van der Waals surface area contributed by atoms with Crippen molar-refractivity contribution < 1.29 is 23.8 Å². The van der Waals surface area contributed by atoms with Crippen LogP contribution in [0.5, 0.6) is 11.5 Å². The number of rotatable bonds is 5. The Kier molecular flexibility index (Phi) is 7.28. The lowest BCUT2D eigenvalue weighted by molar-refractivity contribution is 0.0284. The summed E-state index contributed by atoms with van der Waals surface area (Å²) in [6.45, 7) is 7.18. The minimum absolute atomic E-state index is 0.186. The highest BCUT2D eigenvalue weighted by molar-refractivity contribution is 6.31. The van der Waals surface area contributed by atoms with E-state index in [1.165, 1.54) is 0 Å². The number of para-hydroxylation sites is 1. The van der Waals surface area contributed by atoms with Gasteiger partial charge in [-0.1, -0.05) is 29.8 Å². The average Bonchev–Trinajstić information content (AvgIpc) is 3.14. The Labute approximate surface area is 187 Å². The molecule has 7 nitrogen and oxygen atoms in total. The number of halogens is 1. The lowest BCUT2D eigenvalue weighted by Crippen LogP contribution is -2.35. The second kappa shape index (κ2) is 9.92. The van der Waals surface area contributed by atoms with Gasteiger partial charge in [-0.25, -0.2) is 9.59 Å². The maximum Gasteiger partial charge on any atom is 0.417 e. The van der Waals surface area contributed by atoms with Crippen LogP contribution in [0.4, 0.5) is 15.3 Å². The van der Waals surface area contributed by atoms with E-state index in [1.807, 2.05) is 26.8 Å². The quantitative estimate of drug-likeness (QED) is 0.648. The minimum atomic E-state index is -0.622. The van der Waals surface area contributed by atoms with Gasteiger partial charge >= 0.3 is 12.2 Å². The molecule has 8 heteroatoms. The van der Waals surface area contributed by atoms with Crippen molar-refractivity contribution in [3.63, 3.8) is 0 Å². The van der Waals surface area contributed by atoms with Gasteiger partial charge in [0.15, 0.2) is 0 Å². The van der Waals surface area contributed by atoms with Gasteiger partial charge in [0.1, 0.15) is 17.1 Å². The van der Waals surface area contributed by atoms with Crippen LogP contribution in [0.15, 0.2) is 48.5 Å². The van der Waals surface area contributed by atoms with Crippen LogP contribution in [0, 0.1) is 5.92 Å². The highest BCUT2D eigenvalue weighted by Crippen LogP contribution is 2.27. The van der Waals surface area contributed by atoms with E-state index in [1.54, 1.807) is 47.4 Å². The number of benzene rings is 2. The Hall–Kier alpha value is -2.93. The number of nitrogens with one attached hydrogen (secondary N) is 1. The van der Waals surface area contributed by atoms with Gasteiger partial charge in [-0.2, -0.15) is 0 Å². The molecule has 0 spiro atoms. The number of hydrogen-bond donors (Lipinski definition) is 1. The molecule has 0 aromatic heterocycles. The number of likely N-dealkylation sites (tertiary alicyclic amines) is 1. The van der Waals surface area contributed by atoms with Crippen molar-refractivity contribution >= 4 is 29.5 Å². The van der Waals surface area contributed by atoms with Crippen molar-refractivity contribution in [3.8, 4) is 11.5 Å². The van der Waals surface area contributed by atoms with Crippen LogP contribution in [-0.2, 0) is 4.74 Å². The third-order valence-electron chi connectivity index (χ3n) is 4.49.